The van der Waals surface area contributed by atoms with Crippen molar-refractivity contribution in [2.45, 2.75) is 38.5 Å². The number of hydrogen-bond donors (Lipinski definition) is 2. The van der Waals surface area contributed by atoms with Crippen molar-refractivity contribution >= 4 is 23.9 Å². The van der Waals surface area contributed by atoms with Crippen LogP contribution in [0.3, 0.4) is 0 Å². The van der Waals surface area contributed by atoms with E-state index in [2.05, 4.69) is 10.2 Å². The molecule has 2 rings (SSSR count). The van der Waals surface area contributed by atoms with E-state index < -0.39 is 30.1 Å². The summed E-state index contributed by atoms with van der Waals surface area (Å²) in [6, 6.07) is 8.98. The van der Waals surface area contributed by atoms with Crippen LogP contribution in [0.5, 0.6) is 0 Å². The molecule has 3 amide bonds. The largest absolute Gasteiger partial charge is 0.445 e. The molecule has 1 atom stereocenters. The first-order valence-corrected chi connectivity index (χ1v) is 7.67. The third kappa shape index (κ3) is 5.88. The number of imide groups is 1. The fourth-order valence-corrected chi connectivity index (χ4v) is 2.03. The number of aliphatic hydroxyl groups is 1. The summed E-state index contributed by atoms with van der Waals surface area (Å²) >= 11 is 0. The van der Waals surface area contributed by atoms with Gasteiger partial charge in [-0.1, -0.05) is 30.3 Å². The molecule has 1 aliphatic heterocycles. The lowest BCUT2D eigenvalue weighted by Gasteiger charge is -2.15. The number of amides is 3. The zero-order chi connectivity index (χ0) is 18.2. The van der Waals surface area contributed by atoms with Gasteiger partial charge in [-0.25, -0.2) is 9.59 Å². The fraction of sp³-hybridized carbons (Fsp3) is 0.375. The molecule has 9 nitrogen and oxygen atoms in total. The maximum Gasteiger partial charge on any atom is 0.409 e. The lowest BCUT2D eigenvalue weighted by molar-refractivity contribution is -0.197. The van der Waals surface area contributed by atoms with Gasteiger partial charge >= 0.3 is 12.1 Å². The van der Waals surface area contributed by atoms with E-state index in [1.165, 1.54) is 0 Å². The normalized spacial score (nSPS) is 15.0. The minimum atomic E-state index is -1.33. The molecule has 0 aliphatic carbocycles. The molecule has 0 aromatic heterocycles. The van der Waals surface area contributed by atoms with Gasteiger partial charge in [-0.05, 0) is 5.56 Å². The van der Waals surface area contributed by atoms with Crippen molar-refractivity contribution in [3.05, 3.63) is 35.9 Å². The molecular weight excluding hydrogens is 332 g/mol. The number of nitrogens with one attached hydrogen (secondary N) is 1. The third-order valence-electron chi connectivity index (χ3n) is 3.32. The molecule has 0 bridgehead atoms. The van der Waals surface area contributed by atoms with Crippen molar-refractivity contribution in [1.29, 1.82) is 0 Å². The number of alkyl carbamates (subject to hydrolysis) is 1. The summed E-state index contributed by atoms with van der Waals surface area (Å²) in [5.74, 6) is -2.02. The van der Waals surface area contributed by atoms with Gasteiger partial charge in [0.2, 0.25) is 0 Å². The lowest BCUT2D eigenvalue weighted by atomic mass is 10.2. The zero-order valence-electron chi connectivity index (χ0n) is 13.3. The molecule has 1 unspecified atom stereocenters. The molecule has 0 spiro atoms. The molecule has 0 radical (unpaired) electrons. The first kappa shape index (κ1) is 18.4. The standard InChI is InChI=1S/C16H18N2O7/c19-12(17-16(23)24-10-11-4-2-1-3-5-11)6-9-15(22)25-18-13(20)7-8-14(18)21/h1-5,12,19H,6-10H2,(H,17,23). The third-order valence-corrected chi connectivity index (χ3v) is 3.32. The number of rotatable bonds is 7. The van der Waals surface area contributed by atoms with Crippen LogP contribution in [0.1, 0.15) is 31.2 Å². The highest BCUT2D eigenvalue weighted by atomic mass is 16.7. The quantitative estimate of drug-likeness (QED) is 0.546. The Labute approximate surface area is 143 Å². The Morgan fingerprint density at radius 1 is 1.16 bits per heavy atom. The number of nitrogens with zero attached hydrogens (tertiary/aromatic N) is 1. The van der Waals surface area contributed by atoms with Crippen LogP contribution in [0.25, 0.3) is 0 Å². The number of hydroxylamine groups is 2. The maximum absolute atomic E-state index is 11.6. The van der Waals surface area contributed by atoms with Crippen molar-refractivity contribution in [1.82, 2.24) is 10.4 Å². The van der Waals surface area contributed by atoms with Crippen LogP contribution >= 0.6 is 0 Å². The van der Waals surface area contributed by atoms with Gasteiger partial charge in [0, 0.05) is 19.3 Å². The Balaban J connectivity index is 1.65. The number of aliphatic hydroxyl groups excluding tert-OH is 1. The van der Waals surface area contributed by atoms with Crippen molar-refractivity contribution in [3.63, 3.8) is 0 Å². The number of carbonyl (C=O) groups excluding carboxylic acids is 4. The molecule has 2 N–H and O–H groups in total. The molecule has 9 heteroatoms. The van der Waals surface area contributed by atoms with Crippen molar-refractivity contribution < 1.29 is 33.9 Å². The lowest BCUT2D eigenvalue weighted by Crippen LogP contribution is -2.36. The smallest absolute Gasteiger partial charge is 0.409 e. The van der Waals surface area contributed by atoms with Crippen molar-refractivity contribution in [2.75, 3.05) is 0 Å². The van der Waals surface area contributed by atoms with Gasteiger partial charge in [-0.2, -0.15) is 0 Å². The highest BCUT2D eigenvalue weighted by Gasteiger charge is 2.32. The van der Waals surface area contributed by atoms with Gasteiger partial charge in [0.25, 0.3) is 11.8 Å². The van der Waals surface area contributed by atoms with Crippen molar-refractivity contribution in [2.24, 2.45) is 0 Å². The highest BCUT2D eigenvalue weighted by molar-refractivity contribution is 6.01. The second kappa shape index (κ2) is 8.78. The van der Waals surface area contributed by atoms with E-state index in [-0.39, 0.29) is 32.3 Å². The summed E-state index contributed by atoms with van der Waals surface area (Å²) in [6.45, 7) is 0.0423. The van der Waals surface area contributed by atoms with E-state index in [1.807, 2.05) is 6.07 Å². The second-order valence-electron chi connectivity index (χ2n) is 5.31. The first-order valence-electron chi connectivity index (χ1n) is 7.67. The van der Waals surface area contributed by atoms with E-state index in [1.54, 1.807) is 24.3 Å². The van der Waals surface area contributed by atoms with E-state index in [9.17, 15) is 24.3 Å². The zero-order valence-corrected chi connectivity index (χ0v) is 13.3. The fourth-order valence-electron chi connectivity index (χ4n) is 2.03. The van der Waals surface area contributed by atoms with Crippen molar-refractivity contribution in [3.8, 4) is 0 Å². The van der Waals surface area contributed by atoms with Crippen LogP contribution in [-0.4, -0.2) is 40.3 Å². The topological polar surface area (TPSA) is 122 Å². The second-order valence-corrected chi connectivity index (χ2v) is 5.31. The first-order chi connectivity index (χ1) is 12.0. The summed E-state index contributed by atoms with van der Waals surface area (Å²) in [4.78, 5) is 50.3. The van der Waals surface area contributed by atoms with E-state index in [0.717, 1.165) is 5.56 Å². The van der Waals surface area contributed by atoms with Crippen LogP contribution in [0.15, 0.2) is 30.3 Å². The highest BCUT2D eigenvalue weighted by Crippen LogP contribution is 2.13. The Bertz CT molecular complexity index is 631. The van der Waals surface area contributed by atoms with Gasteiger partial charge in [-0.3, -0.25) is 14.9 Å². The Morgan fingerprint density at radius 3 is 2.44 bits per heavy atom. The Morgan fingerprint density at radius 2 is 1.80 bits per heavy atom. The number of ether oxygens (including phenoxy) is 1. The molecular formula is C16H18N2O7. The molecule has 1 saturated heterocycles. The average molecular weight is 350 g/mol. The predicted octanol–water partition coefficient (Wildman–Crippen LogP) is 0.619. The average Bonchev–Trinajstić information content (AvgIpc) is 2.91. The number of hydrogen-bond acceptors (Lipinski definition) is 7. The minimum Gasteiger partial charge on any atom is -0.445 e. The van der Waals surface area contributed by atoms with Crippen LogP contribution in [0, 0.1) is 0 Å². The Hall–Kier alpha value is -2.94. The van der Waals surface area contributed by atoms with Gasteiger partial charge in [0.15, 0.2) is 0 Å². The number of benzene rings is 1. The molecule has 1 aliphatic rings. The van der Waals surface area contributed by atoms with E-state index in [0.29, 0.717) is 5.06 Å². The van der Waals surface area contributed by atoms with Crippen LogP contribution in [-0.2, 0) is 30.6 Å². The summed E-state index contributed by atoms with van der Waals surface area (Å²) in [5.41, 5.74) is 0.788. The molecule has 0 saturated carbocycles. The number of carbonyl (C=O) groups is 4. The van der Waals surface area contributed by atoms with E-state index in [4.69, 9.17) is 4.74 Å². The maximum atomic E-state index is 11.6. The van der Waals surface area contributed by atoms with Gasteiger partial charge < -0.3 is 14.7 Å². The van der Waals surface area contributed by atoms with E-state index >= 15 is 0 Å². The van der Waals surface area contributed by atoms with Crippen LogP contribution in [0.4, 0.5) is 4.79 Å². The summed E-state index contributed by atoms with van der Waals surface area (Å²) in [5, 5.41) is 12.2. The summed E-state index contributed by atoms with van der Waals surface area (Å²) < 4.78 is 4.92. The van der Waals surface area contributed by atoms with Gasteiger partial charge in [-0.15, -0.1) is 5.06 Å². The summed E-state index contributed by atoms with van der Waals surface area (Å²) in [7, 11) is 0. The van der Waals surface area contributed by atoms with Crippen LogP contribution < -0.4 is 5.32 Å². The Kier molecular flexibility index (Phi) is 6.47. The molecule has 1 aromatic carbocycles. The SMILES string of the molecule is O=C(CCC(O)NC(=O)OCc1ccccc1)ON1C(=O)CCC1=O. The monoisotopic (exact) mass is 350 g/mol. The molecule has 25 heavy (non-hydrogen) atoms. The summed E-state index contributed by atoms with van der Waals surface area (Å²) in [6.07, 6.45) is -2.62. The predicted molar refractivity (Wildman–Crippen MR) is 82.2 cm³/mol. The minimum absolute atomic E-state index is 0.00352. The molecule has 1 aromatic rings. The van der Waals surface area contributed by atoms with Gasteiger partial charge in [0.1, 0.15) is 12.8 Å². The molecule has 134 valence electrons. The molecule has 1 fully saturated rings. The molecule has 1 heterocycles. The van der Waals surface area contributed by atoms with Gasteiger partial charge in [0.05, 0.1) is 6.42 Å². The van der Waals surface area contributed by atoms with Crippen LogP contribution in [0.2, 0.25) is 0 Å².